The Morgan fingerprint density at radius 3 is 2.42 bits per heavy atom. The average molecular weight is 248 g/mol. The highest BCUT2D eigenvalue weighted by atomic mass is 14.6. The molecule has 0 spiro atoms. The summed E-state index contributed by atoms with van der Waals surface area (Å²) < 4.78 is 0. The molecule has 0 unspecified atom stereocenters. The van der Waals surface area contributed by atoms with Crippen LogP contribution < -0.4 is 17.2 Å². The number of anilines is 3. The maximum Gasteiger partial charge on any atom is 0.101 e. The van der Waals surface area contributed by atoms with E-state index in [1.807, 2.05) is 24.3 Å². The molecule has 0 aromatic heterocycles. The highest BCUT2D eigenvalue weighted by Crippen LogP contribution is 2.52. The molecule has 4 nitrogen and oxygen atoms in total. The molecule has 0 heterocycles. The van der Waals surface area contributed by atoms with Crippen molar-refractivity contribution >= 4 is 17.1 Å². The van der Waals surface area contributed by atoms with Crippen molar-refractivity contribution in [1.82, 2.24) is 0 Å². The minimum absolute atomic E-state index is 0.420. The molecular formula is C15H12N4. The zero-order valence-electron chi connectivity index (χ0n) is 10.1. The van der Waals surface area contributed by atoms with Crippen molar-refractivity contribution in [2.75, 3.05) is 17.2 Å². The van der Waals surface area contributed by atoms with Crippen molar-refractivity contribution in [1.29, 1.82) is 5.26 Å². The molecule has 0 saturated heterocycles. The van der Waals surface area contributed by atoms with Gasteiger partial charge < -0.3 is 17.2 Å². The van der Waals surface area contributed by atoms with Gasteiger partial charge in [0, 0.05) is 22.5 Å². The fourth-order valence-electron chi connectivity index (χ4n) is 2.43. The Morgan fingerprint density at radius 2 is 1.68 bits per heavy atom. The van der Waals surface area contributed by atoms with Crippen LogP contribution >= 0.6 is 0 Å². The lowest BCUT2D eigenvalue weighted by atomic mass is 9.81. The van der Waals surface area contributed by atoms with Gasteiger partial charge in [-0.2, -0.15) is 5.26 Å². The SMILES string of the molecule is N#Cc1ccc(N)c2c3cccc(N)cc-3c-2c1N. The second-order valence-corrected chi connectivity index (χ2v) is 4.48. The Labute approximate surface area is 110 Å². The van der Waals surface area contributed by atoms with Crippen LogP contribution in [0.15, 0.2) is 36.4 Å². The molecule has 6 N–H and O–H groups in total. The van der Waals surface area contributed by atoms with Crippen molar-refractivity contribution < 1.29 is 0 Å². The summed E-state index contributed by atoms with van der Waals surface area (Å²) in [6.07, 6.45) is 0. The summed E-state index contributed by atoms with van der Waals surface area (Å²) in [6.45, 7) is 0. The normalized spacial score (nSPS) is 10.7. The Morgan fingerprint density at radius 1 is 0.895 bits per heavy atom. The molecular weight excluding hydrogens is 236 g/mol. The van der Waals surface area contributed by atoms with E-state index in [9.17, 15) is 0 Å². The van der Waals surface area contributed by atoms with Crippen LogP contribution in [0, 0.1) is 11.3 Å². The predicted octanol–water partition coefficient (Wildman–Crippen LogP) is 2.51. The number of nitriles is 1. The molecule has 0 saturated carbocycles. The Balaban J connectivity index is 2.49. The van der Waals surface area contributed by atoms with E-state index in [1.165, 1.54) is 0 Å². The Hall–Kier alpha value is -2.93. The van der Waals surface area contributed by atoms with Gasteiger partial charge in [-0.3, -0.25) is 0 Å². The topological polar surface area (TPSA) is 102 Å². The van der Waals surface area contributed by atoms with Crippen LogP contribution in [-0.4, -0.2) is 0 Å². The van der Waals surface area contributed by atoms with Gasteiger partial charge in [-0.05, 0) is 35.4 Å². The van der Waals surface area contributed by atoms with Gasteiger partial charge in [-0.1, -0.05) is 12.1 Å². The Bertz CT molecular complexity index is 770. The molecule has 0 fully saturated rings. The van der Waals surface area contributed by atoms with Gasteiger partial charge in [-0.25, -0.2) is 0 Å². The van der Waals surface area contributed by atoms with Crippen molar-refractivity contribution in [3.8, 4) is 28.3 Å². The number of nitrogens with zero attached hydrogens (tertiary/aromatic N) is 1. The fourth-order valence-corrected chi connectivity index (χ4v) is 2.43. The van der Waals surface area contributed by atoms with Crippen LogP contribution in [0.5, 0.6) is 0 Å². The van der Waals surface area contributed by atoms with Crippen LogP contribution in [0.1, 0.15) is 5.56 Å². The zero-order valence-corrected chi connectivity index (χ0v) is 10.1. The van der Waals surface area contributed by atoms with E-state index in [-0.39, 0.29) is 0 Å². The number of hydrogen-bond acceptors (Lipinski definition) is 4. The molecule has 0 atom stereocenters. The third-order valence-corrected chi connectivity index (χ3v) is 3.34. The van der Waals surface area contributed by atoms with Crippen LogP contribution in [0.4, 0.5) is 17.1 Å². The first-order valence-corrected chi connectivity index (χ1v) is 5.82. The van der Waals surface area contributed by atoms with E-state index in [2.05, 4.69) is 6.07 Å². The molecule has 3 rings (SSSR count). The summed E-state index contributed by atoms with van der Waals surface area (Å²) in [5.41, 5.74) is 23.8. The summed E-state index contributed by atoms with van der Waals surface area (Å²) in [6, 6.07) is 13.0. The first-order chi connectivity index (χ1) is 9.13. The lowest BCUT2D eigenvalue weighted by Gasteiger charge is -2.23. The lowest BCUT2D eigenvalue weighted by Crippen LogP contribution is -2.03. The summed E-state index contributed by atoms with van der Waals surface area (Å²) in [5, 5.41) is 9.12. The monoisotopic (exact) mass is 248 g/mol. The predicted molar refractivity (Wildman–Crippen MR) is 77.6 cm³/mol. The maximum absolute atomic E-state index is 9.12. The molecule has 3 aliphatic carbocycles. The first-order valence-electron chi connectivity index (χ1n) is 5.82. The number of fused-ring (bicyclic) bond motifs is 4. The summed E-state index contributed by atoms with van der Waals surface area (Å²) in [4.78, 5) is 0. The summed E-state index contributed by atoms with van der Waals surface area (Å²) in [5.74, 6) is 0. The third kappa shape index (κ3) is 1.45. The van der Waals surface area contributed by atoms with Crippen molar-refractivity contribution in [2.24, 2.45) is 0 Å². The van der Waals surface area contributed by atoms with E-state index < -0.39 is 0 Å². The quantitative estimate of drug-likeness (QED) is 0.568. The maximum atomic E-state index is 9.12. The van der Waals surface area contributed by atoms with Crippen molar-refractivity contribution in [3.05, 3.63) is 42.0 Å². The second kappa shape index (κ2) is 3.79. The molecule has 0 aliphatic heterocycles. The molecule has 0 bridgehead atoms. The third-order valence-electron chi connectivity index (χ3n) is 3.34. The van der Waals surface area contributed by atoms with Crippen LogP contribution in [0.3, 0.4) is 0 Å². The van der Waals surface area contributed by atoms with E-state index in [0.29, 0.717) is 22.6 Å². The van der Waals surface area contributed by atoms with Gasteiger partial charge >= 0.3 is 0 Å². The van der Waals surface area contributed by atoms with Crippen molar-refractivity contribution in [3.63, 3.8) is 0 Å². The van der Waals surface area contributed by atoms with Gasteiger partial charge in [0.2, 0.25) is 0 Å². The molecule has 19 heavy (non-hydrogen) atoms. The number of rotatable bonds is 0. The van der Waals surface area contributed by atoms with Gasteiger partial charge in [0.15, 0.2) is 0 Å². The van der Waals surface area contributed by atoms with E-state index >= 15 is 0 Å². The second-order valence-electron chi connectivity index (χ2n) is 4.48. The highest BCUT2D eigenvalue weighted by molar-refractivity contribution is 6.12. The zero-order chi connectivity index (χ0) is 13.6. The minimum Gasteiger partial charge on any atom is -0.399 e. The largest absolute Gasteiger partial charge is 0.399 e. The highest BCUT2D eigenvalue weighted by Gasteiger charge is 2.27. The van der Waals surface area contributed by atoms with Gasteiger partial charge in [-0.15, -0.1) is 0 Å². The Kier molecular flexibility index (Phi) is 2.23. The van der Waals surface area contributed by atoms with E-state index in [4.69, 9.17) is 22.5 Å². The van der Waals surface area contributed by atoms with Crippen LogP contribution in [0.2, 0.25) is 0 Å². The fraction of sp³-hybridized carbons (Fsp3) is 0. The van der Waals surface area contributed by atoms with Crippen LogP contribution in [0.25, 0.3) is 22.3 Å². The number of nitrogens with two attached hydrogens (primary N) is 3. The molecule has 0 radical (unpaired) electrons. The molecule has 92 valence electrons. The smallest absolute Gasteiger partial charge is 0.101 e. The van der Waals surface area contributed by atoms with Gasteiger partial charge in [0.05, 0.1) is 11.3 Å². The van der Waals surface area contributed by atoms with E-state index in [0.717, 1.165) is 22.3 Å². The van der Waals surface area contributed by atoms with Gasteiger partial charge in [0.25, 0.3) is 0 Å². The number of nitrogen functional groups attached to an aromatic ring is 3. The molecule has 0 amide bonds. The van der Waals surface area contributed by atoms with Crippen molar-refractivity contribution in [2.45, 2.75) is 0 Å². The van der Waals surface area contributed by atoms with Crippen LogP contribution in [-0.2, 0) is 0 Å². The standard InChI is InChI=1S/C15H12N4/c16-7-8-4-5-12(18)13-10-3-1-2-9(17)6-11(10)14(13)15(8)19/h1-6H,17-19H2. The minimum atomic E-state index is 0.420. The lowest BCUT2D eigenvalue weighted by molar-refractivity contribution is 1.49. The molecule has 4 heteroatoms. The summed E-state index contributed by atoms with van der Waals surface area (Å²) >= 11 is 0. The first kappa shape index (κ1) is 11.2. The summed E-state index contributed by atoms with van der Waals surface area (Å²) in [7, 11) is 0. The average Bonchev–Trinajstić information content (AvgIpc) is 2.58. The van der Waals surface area contributed by atoms with E-state index in [1.54, 1.807) is 12.1 Å². The molecule has 0 aromatic rings. The number of hydrogen-bond donors (Lipinski definition) is 3. The molecule has 3 aliphatic rings. The molecule has 0 aromatic carbocycles. The van der Waals surface area contributed by atoms with Gasteiger partial charge in [0.1, 0.15) is 6.07 Å².